The van der Waals surface area contributed by atoms with Gasteiger partial charge in [0, 0.05) is 35.6 Å². The van der Waals surface area contributed by atoms with Crippen molar-refractivity contribution in [2.75, 3.05) is 0 Å². The normalized spacial score (nSPS) is 14.2. The van der Waals surface area contributed by atoms with Gasteiger partial charge in [0.15, 0.2) is 5.78 Å². The minimum Gasteiger partial charge on any atom is -0.295 e. The standard InChI is InChI=1S/C22H18N2O2/c25-19-10-6-7-16(13-19)20-14-17(21-11-4-5-12-23-21)15-24(22(20)26)18-8-2-1-3-9-18/h1-5,8-9,11-15H,6-7,10H2. The van der Waals surface area contributed by atoms with E-state index in [2.05, 4.69) is 4.98 Å². The molecule has 3 aromatic rings. The SMILES string of the molecule is O=C1C=C(c2cc(-c3ccccn3)cn(-c3ccccc3)c2=O)CCC1. The number of pyridine rings is 2. The highest BCUT2D eigenvalue weighted by Gasteiger charge is 2.17. The highest BCUT2D eigenvalue weighted by atomic mass is 16.1. The summed E-state index contributed by atoms with van der Waals surface area (Å²) in [5.41, 5.74) is 3.71. The number of rotatable bonds is 3. The molecule has 0 saturated heterocycles. The molecular weight excluding hydrogens is 324 g/mol. The van der Waals surface area contributed by atoms with E-state index in [1.165, 1.54) is 0 Å². The number of hydrogen-bond donors (Lipinski definition) is 0. The predicted octanol–water partition coefficient (Wildman–Crippen LogP) is 4.04. The van der Waals surface area contributed by atoms with Crippen molar-refractivity contribution >= 4 is 11.4 Å². The third kappa shape index (κ3) is 3.14. The first-order valence-corrected chi connectivity index (χ1v) is 8.70. The zero-order valence-corrected chi connectivity index (χ0v) is 14.3. The Bertz CT molecular complexity index is 1030. The molecule has 0 amide bonds. The van der Waals surface area contributed by atoms with Crippen molar-refractivity contribution in [1.29, 1.82) is 0 Å². The zero-order chi connectivity index (χ0) is 17.9. The number of benzene rings is 1. The first kappa shape index (κ1) is 16.2. The van der Waals surface area contributed by atoms with Crippen molar-refractivity contribution in [2.45, 2.75) is 19.3 Å². The summed E-state index contributed by atoms with van der Waals surface area (Å²) in [7, 11) is 0. The van der Waals surface area contributed by atoms with Gasteiger partial charge in [0.05, 0.1) is 5.69 Å². The fourth-order valence-electron chi connectivity index (χ4n) is 3.27. The van der Waals surface area contributed by atoms with Crippen LogP contribution in [-0.4, -0.2) is 15.3 Å². The van der Waals surface area contributed by atoms with Gasteiger partial charge in [-0.05, 0) is 54.8 Å². The summed E-state index contributed by atoms with van der Waals surface area (Å²) in [6.07, 6.45) is 7.24. The molecule has 26 heavy (non-hydrogen) atoms. The number of hydrogen-bond acceptors (Lipinski definition) is 3. The van der Waals surface area contributed by atoms with Crippen LogP contribution < -0.4 is 5.56 Å². The van der Waals surface area contributed by atoms with E-state index in [0.717, 1.165) is 35.4 Å². The number of para-hydroxylation sites is 1. The van der Waals surface area contributed by atoms with Gasteiger partial charge in [-0.2, -0.15) is 0 Å². The Morgan fingerprint density at radius 2 is 1.73 bits per heavy atom. The van der Waals surface area contributed by atoms with E-state index in [1.807, 2.05) is 60.8 Å². The average Bonchev–Trinajstić information content (AvgIpc) is 2.69. The minimum atomic E-state index is -0.114. The molecule has 2 heterocycles. The van der Waals surface area contributed by atoms with E-state index in [-0.39, 0.29) is 11.3 Å². The summed E-state index contributed by atoms with van der Waals surface area (Å²) in [4.78, 5) is 29.4. The third-order valence-corrected chi connectivity index (χ3v) is 4.56. The van der Waals surface area contributed by atoms with Crippen molar-refractivity contribution in [1.82, 2.24) is 9.55 Å². The van der Waals surface area contributed by atoms with Crippen molar-refractivity contribution in [3.63, 3.8) is 0 Å². The lowest BCUT2D eigenvalue weighted by molar-refractivity contribution is -0.114. The van der Waals surface area contributed by atoms with Crippen molar-refractivity contribution in [3.05, 3.63) is 89.0 Å². The second-order valence-electron chi connectivity index (χ2n) is 6.36. The zero-order valence-electron chi connectivity index (χ0n) is 14.3. The maximum absolute atomic E-state index is 13.1. The van der Waals surface area contributed by atoms with Crippen LogP contribution in [0, 0.1) is 0 Å². The van der Waals surface area contributed by atoms with Crippen molar-refractivity contribution < 1.29 is 4.79 Å². The summed E-state index contributed by atoms with van der Waals surface area (Å²) >= 11 is 0. The number of ketones is 1. The number of aromatic nitrogens is 2. The van der Waals surface area contributed by atoms with Crippen LogP contribution in [0.5, 0.6) is 0 Å². The van der Waals surface area contributed by atoms with Crippen LogP contribution in [0.1, 0.15) is 24.8 Å². The fourth-order valence-corrected chi connectivity index (χ4v) is 3.27. The molecule has 0 N–H and O–H groups in total. The molecule has 1 aliphatic rings. The fraction of sp³-hybridized carbons (Fsp3) is 0.136. The Hall–Kier alpha value is -3.27. The van der Waals surface area contributed by atoms with E-state index in [1.54, 1.807) is 16.8 Å². The van der Waals surface area contributed by atoms with Gasteiger partial charge in [-0.15, -0.1) is 0 Å². The van der Waals surface area contributed by atoms with E-state index < -0.39 is 0 Å². The molecule has 2 aromatic heterocycles. The molecule has 0 aliphatic heterocycles. The minimum absolute atomic E-state index is 0.0835. The van der Waals surface area contributed by atoms with Gasteiger partial charge in [0.25, 0.3) is 5.56 Å². The summed E-state index contributed by atoms with van der Waals surface area (Å²) in [5, 5.41) is 0. The summed E-state index contributed by atoms with van der Waals surface area (Å²) in [6, 6.07) is 17.1. The van der Waals surface area contributed by atoms with Gasteiger partial charge < -0.3 is 0 Å². The molecular formula is C22H18N2O2. The second kappa shape index (κ2) is 6.92. The van der Waals surface area contributed by atoms with Crippen LogP contribution in [0.4, 0.5) is 0 Å². The molecule has 4 heteroatoms. The highest BCUT2D eigenvalue weighted by Crippen LogP contribution is 2.27. The lowest BCUT2D eigenvalue weighted by Gasteiger charge is -2.16. The maximum Gasteiger partial charge on any atom is 0.262 e. The monoisotopic (exact) mass is 342 g/mol. The Morgan fingerprint density at radius 3 is 2.46 bits per heavy atom. The molecule has 0 radical (unpaired) electrons. The lowest BCUT2D eigenvalue weighted by Crippen LogP contribution is -2.22. The Balaban J connectivity index is 1.96. The number of allylic oxidation sites excluding steroid dienone is 2. The number of nitrogens with zero attached hydrogens (tertiary/aromatic N) is 2. The molecule has 0 fully saturated rings. The van der Waals surface area contributed by atoms with Gasteiger partial charge in [-0.3, -0.25) is 19.1 Å². The first-order valence-electron chi connectivity index (χ1n) is 8.70. The van der Waals surface area contributed by atoms with Crippen LogP contribution in [0.3, 0.4) is 0 Å². The van der Waals surface area contributed by atoms with E-state index >= 15 is 0 Å². The molecule has 0 unspecified atom stereocenters. The molecule has 0 bridgehead atoms. The molecule has 1 aliphatic carbocycles. The van der Waals surface area contributed by atoms with E-state index in [9.17, 15) is 9.59 Å². The predicted molar refractivity (Wildman–Crippen MR) is 102 cm³/mol. The first-order chi connectivity index (χ1) is 12.7. The molecule has 0 atom stereocenters. The van der Waals surface area contributed by atoms with E-state index in [4.69, 9.17) is 0 Å². The van der Waals surface area contributed by atoms with Crippen LogP contribution in [-0.2, 0) is 4.79 Å². The smallest absolute Gasteiger partial charge is 0.262 e. The topological polar surface area (TPSA) is 52.0 Å². The molecule has 0 spiro atoms. The summed E-state index contributed by atoms with van der Waals surface area (Å²) in [6.45, 7) is 0. The lowest BCUT2D eigenvalue weighted by atomic mass is 9.92. The van der Waals surface area contributed by atoms with Gasteiger partial charge in [-0.1, -0.05) is 24.3 Å². The third-order valence-electron chi connectivity index (χ3n) is 4.56. The largest absolute Gasteiger partial charge is 0.295 e. The van der Waals surface area contributed by atoms with Gasteiger partial charge in [0.1, 0.15) is 0 Å². The Morgan fingerprint density at radius 1 is 0.923 bits per heavy atom. The summed E-state index contributed by atoms with van der Waals surface area (Å²) < 4.78 is 1.64. The maximum atomic E-state index is 13.1. The van der Waals surface area contributed by atoms with Crippen LogP contribution in [0.15, 0.2) is 77.9 Å². The Kier molecular flexibility index (Phi) is 4.32. The second-order valence-corrected chi connectivity index (χ2v) is 6.36. The molecule has 4 rings (SSSR count). The quantitative estimate of drug-likeness (QED) is 0.722. The van der Waals surface area contributed by atoms with Crippen molar-refractivity contribution in [2.24, 2.45) is 0 Å². The van der Waals surface area contributed by atoms with Crippen LogP contribution >= 0.6 is 0 Å². The van der Waals surface area contributed by atoms with E-state index in [0.29, 0.717) is 12.0 Å². The van der Waals surface area contributed by atoms with Crippen LogP contribution in [0.25, 0.3) is 22.5 Å². The van der Waals surface area contributed by atoms with Crippen molar-refractivity contribution in [3.8, 4) is 16.9 Å². The summed E-state index contributed by atoms with van der Waals surface area (Å²) in [5.74, 6) is 0.0835. The molecule has 4 nitrogen and oxygen atoms in total. The molecule has 128 valence electrons. The van der Waals surface area contributed by atoms with Gasteiger partial charge in [-0.25, -0.2) is 0 Å². The average molecular weight is 342 g/mol. The Labute approximate surface area is 151 Å². The number of carbonyl (C=O) groups excluding carboxylic acids is 1. The highest BCUT2D eigenvalue weighted by molar-refractivity contribution is 5.98. The molecule has 0 saturated carbocycles. The van der Waals surface area contributed by atoms with Gasteiger partial charge >= 0.3 is 0 Å². The van der Waals surface area contributed by atoms with Gasteiger partial charge in [0.2, 0.25) is 0 Å². The van der Waals surface area contributed by atoms with Crippen LogP contribution in [0.2, 0.25) is 0 Å². The molecule has 1 aromatic carbocycles. The number of carbonyl (C=O) groups is 1.